The number of carboxylic acid groups (broad SMARTS) is 1. The maximum Gasteiger partial charge on any atom is 0.307 e. The lowest BCUT2D eigenvalue weighted by Gasteiger charge is -2.38. The van der Waals surface area contributed by atoms with E-state index in [1.165, 1.54) is 0 Å². The van der Waals surface area contributed by atoms with E-state index in [1.807, 2.05) is 4.90 Å². The summed E-state index contributed by atoms with van der Waals surface area (Å²) in [6, 6.07) is 0. The van der Waals surface area contributed by atoms with Crippen LogP contribution in [0.2, 0.25) is 0 Å². The molecule has 2 atom stereocenters. The number of hydrogen-bond donors (Lipinski definition) is 1. The van der Waals surface area contributed by atoms with Crippen LogP contribution in [0.1, 0.15) is 40.5 Å². The average molecular weight is 241 g/mol. The predicted octanol–water partition coefficient (Wildman–Crippen LogP) is 1.99. The molecule has 0 spiro atoms. The van der Waals surface area contributed by atoms with Gasteiger partial charge in [0.25, 0.3) is 0 Å². The van der Waals surface area contributed by atoms with Gasteiger partial charge in [-0.15, -0.1) is 0 Å². The van der Waals surface area contributed by atoms with Gasteiger partial charge in [-0.1, -0.05) is 27.7 Å². The summed E-state index contributed by atoms with van der Waals surface area (Å²) >= 11 is 0. The molecule has 4 nitrogen and oxygen atoms in total. The summed E-state index contributed by atoms with van der Waals surface area (Å²) in [5, 5.41) is 8.91. The second kappa shape index (κ2) is 5.07. The van der Waals surface area contributed by atoms with E-state index in [1.54, 1.807) is 13.8 Å². The maximum absolute atomic E-state index is 12.1. The van der Waals surface area contributed by atoms with Gasteiger partial charge in [0.15, 0.2) is 0 Å². The molecule has 0 radical (unpaired) electrons. The summed E-state index contributed by atoms with van der Waals surface area (Å²) in [4.78, 5) is 24.8. The minimum absolute atomic E-state index is 0.0181. The van der Waals surface area contributed by atoms with Crippen LogP contribution >= 0.6 is 0 Å². The van der Waals surface area contributed by atoms with Crippen molar-refractivity contribution < 1.29 is 14.7 Å². The first kappa shape index (κ1) is 14.0. The molecule has 1 N–H and O–H groups in total. The number of amides is 1. The number of piperidine rings is 1. The largest absolute Gasteiger partial charge is 0.481 e. The summed E-state index contributed by atoms with van der Waals surface area (Å²) in [5.74, 6) is -1.97. The highest BCUT2D eigenvalue weighted by atomic mass is 16.4. The van der Waals surface area contributed by atoms with Crippen LogP contribution in [0.3, 0.4) is 0 Å². The number of carbonyl (C=O) groups excluding carboxylic acids is 1. The molecule has 0 aliphatic carbocycles. The molecule has 1 saturated heterocycles. The second-order valence-electron chi connectivity index (χ2n) is 5.91. The van der Waals surface area contributed by atoms with E-state index in [2.05, 4.69) is 13.8 Å². The van der Waals surface area contributed by atoms with Gasteiger partial charge < -0.3 is 10.0 Å². The number of carbonyl (C=O) groups is 2. The number of carboxylic acids is 1. The number of aliphatic carboxylic acids is 1. The van der Waals surface area contributed by atoms with Crippen molar-refractivity contribution in [3.63, 3.8) is 0 Å². The molecule has 0 aromatic carbocycles. The molecule has 1 aliphatic heterocycles. The molecule has 98 valence electrons. The lowest BCUT2D eigenvalue weighted by molar-refractivity contribution is -0.150. The van der Waals surface area contributed by atoms with Gasteiger partial charge in [-0.2, -0.15) is 0 Å². The van der Waals surface area contributed by atoms with Gasteiger partial charge in [0, 0.05) is 19.0 Å². The molecule has 1 heterocycles. The molecule has 0 bridgehead atoms. The summed E-state index contributed by atoms with van der Waals surface area (Å²) < 4.78 is 0. The van der Waals surface area contributed by atoms with Crippen molar-refractivity contribution in [2.75, 3.05) is 13.1 Å². The third-order valence-corrected chi connectivity index (χ3v) is 3.96. The van der Waals surface area contributed by atoms with E-state index in [0.717, 1.165) is 25.9 Å². The number of hydrogen-bond acceptors (Lipinski definition) is 2. The van der Waals surface area contributed by atoms with Crippen LogP contribution in [0.4, 0.5) is 0 Å². The van der Waals surface area contributed by atoms with Crippen molar-refractivity contribution in [3.05, 3.63) is 0 Å². The van der Waals surface area contributed by atoms with Crippen LogP contribution in [-0.4, -0.2) is 35.0 Å². The lowest BCUT2D eigenvalue weighted by atomic mass is 9.82. The van der Waals surface area contributed by atoms with E-state index >= 15 is 0 Å². The molecule has 1 aliphatic rings. The van der Waals surface area contributed by atoms with Crippen LogP contribution in [0.15, 0.2) is 0 Å². The SMILES string of the molecule is CC(C(=O)O)C(C)C(=O)N1CCC(C)(C)CC1. The predicted molar refractivity (Wildman–Crippen MR) is 65.6 cm³/mol. The van der Waals surface area contributed by atoms with Gasteiger partial charge in [-0.3, -0.25) is 9.59 Å². The summed E-state index contributed by atoms with van der Waals surface area (Å²) in [7, 11) is 0. The Morgan fingerprint density at radius 1 is 1.12 bits per heavy atom. The molecule has 1 amide bonds. The normalized spacial score (nSPS) is 22.9. The van der Waals surface area contributed by atoms with E-state index in [0.29, 0.717) is 5.41 Å². The van der Waals surface area contributed by atoms with E-state index in [-0.39, 0.29) is 5.91 Å². The van der Waals surface area contributed by atoms with Crippen LogP contribution in [0.25, 0.3) is 0 Å². The maximum atomic E-state index is 12.1. The Hall–Kier alpha value is -1.06. The molecule has 1 rings (SSSR count). The van der Waals surface area contributed by atoms with Crippen LogP contribution in [-0.2, 0) is 9.59 Å². The fraction of sp³-hybridized carbons (Fsp3) is 0.846. The van der Waals surface area contributed by atoms with Crippen LogP contribution in [0.5, 0.6) is 0 Å². The van der Waals surface area contributed by atoms with Gasteiger partial charge in [-0.05, 0) is 18.3 Å². The van der Waals surface area contributed by atoms with Crippen molar-refractivity contribution in [1.29, 1.82) is 0 Å². The zero-order valence-electron chi connectivity index (χ0n) is 11.2. The monoisotopic (exact) mass is 241 g/mol. The van der Waals surface area contributed by atoms with Gasteiger partial charge >= 0.3 is 5.97 Å². The highest BCUT2D eigenvalue weighted by Gasteiger charge is 2.33. The van der Waals surface area contributed by atoms with Crippen molar-refractivity contribution in [2.45, 2.75) is 40.5 Å². The summed E-state index contributed by atoms with van der Waals surface area (Å²) in [5.41, 5.74) is 0.304. The van der Waals surface area contributed by atoms with Crippen molar-refractivity contribution in [1.82, 2.24) is 4.90 Å². The van der Waals surface area contributed by atoms with E-state index in [4.69, 9.17) is 5.11 Å². The first-order chi connectivity index (χ1) is 7.74. The highest BCUT2D eigenvalue weighted by molar-refractivity contribution is 5.84. The molecule has 0 aromatic rings. The number of rotatable bonds is 3. The summed E-state index contributed by atoms with van der Waals surface area (Å²) in [6.45, 7) is 9.22. The van der Waals surface area contributed by atoms with Gasteiger partial charge in [-0.25, -0.2) is 0 Å². The van der Waals surface area contributed by atoms with Gasteiger partial charge in [0.05, 0.1) is 5.92 Å². The molecular weight excluding hydrogens is 218 g/mol. The molecule has 1 fully saturated rings. The Kier molecular flexibility index (Phi) is 4.17. The molecule has 0 saturated carbocycles. The third-order valence-electron chi connectivity index (χ3n) is 3.96. The van der Waals surface area contributed by atoms with Crippen molar-refractivity contribution in [3.8, 4) is 0 Å². The minimum Gasteiger partial charge on any atom is -0.481 e. The Balaban J connectivity index is 2.57. The minimum atomic E-state index is -0.900. The number of nitrogens with zero attached hydrogens (tertiary/aromatic N) is 1. The zero-order valence-corrected chi connectivity index (χ0v) is 11.2. The van der Waals surface area contributed by atoms with Gasteiger partial charge in [0.2, 0.25) is 5.91 Å². The summed E-state index contributed by atoms with van der Waals surface area (Å²) in [6.07, 6.45) is 1.99. The second-order valence-corrected chi connectivity index (χ2v) is 5.91. The molecule has 17 heavy (non-hydrogen) atoms. The molecule has 0 aromatic heterocycles. The smallest absolute Gasteiger partial charge is 0.307 e. The van der Waals surface area contributed by atoms with E-state index in [9.17, 15) is 9.59 Å². The van der Waals surface area contributed by atoms with Crippen molar-refractivity contribution in [2.24, 2.45) is 17.3 Å². The van der Waals surface area contributed by atoms with Crippen LogP contribution < -0.4 is 0 Å². The Morgan fingerprint density at radius 3 is 2.00 bits per heavy atom. The standard InChI is InChI=1S/C13H23NO3/c1-9(10(2)12(16)17)11(15)14-7-5-13(3,4)6-8-14/h9-10H,5-8H2,1-4H3,(H,16,17). The van der Waals surface area contributed by atoms with E-state index < -0.39 is 17.8 Å². The zero-order chi connectivity index (χ0) is 13.2. The Morgan fingerprint density at radius 2 is 1.59 bits per heavy atom. The fourth-order valence-electron chi connectivity index (χ4n) is 2.05. The van der Waals surface area contributed by atoms with Crippen LogP contribution in [0, 0.1) is 17.3 Å². The highest BCUT2D eigenvalue weighted by Crippen LogP contribution is 2.30. The molecular formula is C13H23NO3. The van der Waals surface area contributed by atoms with Gasteiger partial charge in [0.1, 0.15) is 0 Å². The molecule has 2 unspecified atom stereocenters. The first-order valence-electron chi connectivity index (χ1n) is 6.26. The first-order valence-corrected chi connectivity index (χ1v) is 6.26. The third kappa shape index (κ3) is 3.45. The molecule has 4 heteroatoms. The number of likely N-dealkylation sites (tertiary alicyclic amines) is 1. The Bertz CT molecular complexity index is 302. The fourth-order valence-corrected chi connectivity index (χ4v) is 2.05. The van der Waals surface area contributed by atoms with Crippen molar-refractivity contribution >= 4 is 11.9 Å². The average Bonchev–Trinajstić information content (AvgIpc) is 2.26. The quantitative estimate of drug-likeness (QED) is 0.822. The Labute approximate surface area is 103 Å². The topological polar surface area (TPSA) is 57.6 Å². The lowest BCUT2D eigenvalue weighted by Crippen LogP contribution is -2.45.